The summed E-state index contributed by atoms with van der Waals surface area (Å²) in [7, 11) is 0. The van der Waals surface area contributed by atoms with Crippen molar-refractivity contribution in [2.75, 3.05) is 5.32 Å². The lowest BCUT2D eigenvalue weighted by atomic mass is 10.1. The molecule has 0 bridgehead atoms. The molecule has 90 valence electrons. The summed E-state index contributed by atoms with van der Waals surface area (Å²) >= 11 is 1.47. The molecule has 0 saturated heterocycles. The minimum atomic E-state index is 0.0426. The minimum absolute atomic E-state index is 0.0426. The monoisotopic (exact) mass is 241 g/mol. The standard InChI is InChI=1S/C11H19N3OS/c1-4-6-8(3)10(15)12-11-14-13-9(16-11)7-5-2/h8H,4-7H2,1-3H3,(H,12,14,15). The molecule has 0 aliphatic carbocycles. The maximum Gasteiger partial charge on any atom is 0.229 e. The number of carbonyl (C=O) groups excluding carboxylic acids is 1. The molecule has 0 aromatic carbocycles. The van der Waals surface area contributed by atoms with Crippen molar-refractivity contribution in [2.45, 2.75) is 46.5 Å². The zero-order valence-electron chi connectivity index (χ0n) is 10.1. The highest BCUT2D eigenvalue weighted by Crippen LogP contribution is 2.18. The molecule has 0 radical (unpaired) electrons. The van der Waals surface area contributed by atoms with E-state index in [-0.39, 0.29) is 11.8 Å². The Morgan fingerprint density at radius 2 is 2.12 bits per heavy atom. The Kier molecular flexibility index (Phi) is 5.38. The molecule has 1 atom stereocenters. The van der Waals surface area contributed by atoms with Crippen LogP contribution < -0.4 is 5.32 Å². The Labute approximate surface area is 100 Å². The summed E-state index contributed by atoms with van der Waals surface area (Å²) in [6.07, 6.45) is 3.91. The van der Waals surface area contributed by atoms with E-state index in [4.69, 9.17) is 0 Å². The largest absolute Gasteiger partial charge is 0.300 e. The van der Waals surface area contributed by atoms with Crippen LogP contribution in [0.2, 0.25) is 0 Å². The SMILES string of the molecule is CCCc1nnc(NC(=O)C(C)CCC)s1. The first-order chi connectivity index (χ1) is 7.67. The molecule has 1 amide bonds. The molecule has 1 unspecified atom stereocenters. The van der Waals surface area contributed by atoms with Crippen LogP contribution >= 0.6 is 11.3 Å². The van der Waals surface area contributed by atoms with Gasteiger partial charge in [0.05, 0.1) is 0 Å². The summed E-state index contributed by atoms with van der Waals surface area (Å²) in [5, 5.41) is 12.4. The van der Waals surface area contributed by atoms with Crippen molar-refractivity contribution in [3.05, 3.63) is 5.01 Å². The van der Waals surface area contributed by atoms with Gasteiger partial charge in [-0.2, -0.15) is 0 Å². The van der Waals surface area contributed by atoms with Gasteiger partial charge in [0.15, 0.2) is 0 Å². The molecule has 0 saturated carbocycles. The molecule has 1 aromatic rings. The van der Waals surface area contributed by atoms with Gasteiger partial charge in [0.25, 0.3) is 0 Å². The fourth-order valence-electron chi connectivity index (χ4n) is 1.41. The van der Waals surface area contributed by atoms with Crippen LogP contribution in [0.4, 0.5) is 5.13 Å². The number of hydrogen-bond donors (Lipinski definition) is 1. The van der Waals surface area contributed by atoms with Gasteiger partial charge in [0.1, 0.15) is 5.01 Å². The molecule has 4 nitrogen and oxygen atoms in total. The van der Waals surface area contributed by atoms with Crippen LogP contribution in [0.15, 0.2) is 0 Å². The van der Waals surface area contributed by atoms with Crippen molar-refractivity contribution in [1.29, 1.82) is 0 Å². The summed E-state index contributed by atoms with van der Waals surface area (Å²) < 4.78 is 0. The van der Waals surface area contributed by atoms with Crippen molar-refractivity contribution >= 4 is 22.4 Å². The van der Waals surface area contributed by atoms with Crippen molar-refractivity contribution < 1.29 is 4.79 Å². The van der Waals surface area contributed by atoms with Gasteiger partial charge >= 0.3 is 0 Å². The molecular weight excluding hydrogens is 222 g/mol. The Balaban J connectivity index is 2.49. The number of hydrogen-bond acceptors (Lipinski definition) is 4. The molecular formula is C11H19N3OS. The molecule has 1 aromatic heterocycles. The van der Waals surface area contributed by atoms with E-state index in [1.165, 1.54) is 11.3 Å². The predicted octanol–water partition coefficient (Wildman–Crippen LogP) is 2.87. The zero-order chi connectivity index (χ0) is 12.0. The van der Waals surface area contributed by atoms with Crippen molar-refractivity contribution in [3.63, 3.8) is 0 Å². The number of amides is 1. The van der Waals surface area contributed by atoms with Gasteiger partial charge in [0.2, 0.25) is 11.0 Å². The summed E-state index contributed by atoms with van der Waals surface area (Å²) in [4.78, 5) is 11.7. The Morgan fingerprint density at radius 1 is 1.38 bits per heavy atom. The van der Waals surface area contributed by atoms with Gasteiger partial charge in [-0.25, -0.2) is 0 Å². The van der Waals surface area contributed by atoms with E-state index in [9.17, 15) is 4.79 Å². The number of nitrogens with zero attached hydrogens (tertiary/aromatic N) is 2. The second-order valence-electron chi connectivity index (χ2n) is 3.93. The fourth-order valence-corrected chi connectivity index (χ4v) is 2.26. The van der Waals surface area contributed by atoms with Crippen LogP contribution in [-0.2, 0) is 11.2 Å². The number of nitrogens with one attached hydrogen (secondary N) is 1. The summed E-state index contributed by atoms with van der Waals surface area (Å²) in [5.41, 5.74) is 0. The number of anilines is 1. The Morgan fingerprint density at radius 3 is 2.75 bits per heavy atom. The van der Waals surface area contributed by atoms with Gasteiger partial charge in [-0.1, -0.05) is 38.5 Å². The second kappa shape index (κ2) is 6.58. The average molecular weight is 241 g/mol. The molecule has 1 heterocycles. The normalized spacial score (nSPS) is 12.4. The molecule has 5 heteroatoms. The van der Waals surface area contributed by atoms with E-state index in [0.29, 0.717) is 5.13 Å². The highest BCUT2D eigenvalue weighted by Gasteiger charge is 2.13. The van der Waals surface area contributed by atoms with Crippen molar-refractivity contribution in [3.8, 4) is 0 Å². The first-order valence-corrected chi connectivity index (χ1v) is 6.62. The van der Waals surface area contributed by atoms with Crippen LogP contribution in [0.3, 0.4) is 0 Å². The van der Waals surface area contributed by atoms with Gasteiger partial charge in [-0.15, -0.1) is 10.2 Å². The van der Waals surface area contributed by atoms with E-state index in [1.807, 2.05) is 6.92 Å². The third kappa shape index (κ3) is 3.89. The molecule has 0 fully saturated rings. The second-order valence-corrected chi connectivity index (χ2v) is 4.99. The van der Waals surface area contributed by atoms with E-state index in [0.717, 1.165) is 30.7 Å². The summed E-state index contributed by atoms with van der Waals surface area (Å²) in [6.45, 7) is 6.11. The van der Waals surface area contributed by atoms with Gasteiger partial charge in [-0.05, 0) is 12.8 Å². The summed E-state index contributed by atoms with van der Waals surface area (Å²) in [6, 6.07) is 0. The lowest BCUT2D eigenvalue weighted by Crippen LogP contribution is -2.20. The van der Waals surface area contributed by atoms with E-state index < -0.39 is 0 Å². The highest BCUT2D eigenvalue weighted by molar-refractivity contribution is 7.15. The van der Waals surface area contributed by atoms with Crippen molar-refractivity contribution in [2.24, 2.45) is 5.92 Å². The van der Waals surface area contributed by atoms with E-state index in [2.05, 4.69) is 29.4 Å². The van der Waals surface area contributed by atoms with Crippen LogP contribution in [-0.4, -0.2) is 16.1 Å². The minimum Gasteiger partial charge on any atom is -0.300 e. The number of carbonyl (C=O) groups is 1. The number of rotatable bonds is 6. The van der Waals surface area contributed by atoms with Crippen LogP contribution in [0.5, 0.6) is 0 Å². The van der Waals surface area contributed by atoms with E-state index >= 15 is 0 Å². The lowest BCUT2D eigenvalue weighted by molar-refractivity contribution is -0.119. The lowest BCUT2D eigenvalue weighted by Gasteiger charge is -2.07. The fraction of sp³-hybridized carbons (Fsp3) is 0.727. The van der Waals surface area contributed by atoms with Gasteiger partial charge in [-0.3, -0.25) is 4.79 Å². The predicted molar refractivity (Wildman–Crippen MR) is 66.6 cm³/mol. The highest BCUT2D eigenvalue weighted by atomic mass is 32.1. The number of aromatic nitrogens is 2. The third-order valence-electron chi connectivity index (χ3n) is 2.33. The summed E-state index contributed by atoms with van der Waals surface area (Å²) in [5.74, 6) is 0.0876. The Hall–Kier alpha value is -0.970. The van der Waals surface area contributed by atoms with Gasteiger partial charge in [0, 0.05) is 12.3 Å². The van der Waals surface area contributed by atoms with Crippen LogP contribution in [0, 0.1) is 5.92 Å². The third-order valence-corrected chi connectivity index (χ3v) is 3.23. The first kappa shape index (κ1) is 13.1. The maximum atomic E-state index is 11.7. The van der Waals surface area contributed by atoms with E-state index in [1.54, 1.807) is 0 Å². The van der Waals surface area contributed by atoms with Crippen molar-refractivity contribution in [1.82, 2.24) is 10.2 Å². The molecule has 1 N–H and O–H groups in total. The average Bonchev–Trinajstić information content (AvgIpc) is 2.66. The van der Waals surface area contributed by atoms with Gasteiger partial charge < -0.3 is 5.32 Å². The first-order valence-electron chi connectivity index (χ1n) is 5.80. The topological polar surface area (TPSA) is 54.9 Å². The quantitative estimate of drug-likeness (QED) is 0.833. The molecule has 0 aliphatic rings. The van der Waals surface area contributed by atoms with Crippen LogP contribution in [0.1, 0.15) is 45.0 Å². The smallest absolute Gasteiger partial charge is 0.229 e. The van der Waals surface area contributed by atoms with Crippen LogP contribution in [0.25, 0.3) is 0 Å². The number of aryl methyl sites for hydroxylation is 1. The molecule has 16 heavy (non-hydrogen) atoms. The molecule has 1 rings (SSSR count). The molecule has 0 aliphatic heterocycles. The Bertz CT molecular complexity index is 338. The zero-order valence-corrected chi connectivity index (χ0v) is 10.9. The molecule has 0 spiro atoms. The maximum absolute atomic E-state index is 11.7.